The summed E-state index contributed by atoms with van der Waals surface area (Å²) < 4.78 is 0. The number of rotatable bonds is 4. The van der Waals surface area contributed by atoms with E-state index in [1.165, 1.54) is 6.42 Å². The van der Waals surface area contributed by atoms with Gasteiger partial charge in [-0.2, -0.15) is 0 Å². The average Bonchev–Trinajstić information content (AvgIpc) is 2.53. The van der Waals surface area contributed by atoms with E-state index in [4.69, 9.17) is 11.6 Å². The lowest BCUT2D eigenvalue weighted by molar-refractivity contribution is -0.135. The van der Waals surface area contributed by atoms with Gasteiger partial charge < -0.3 is 15.5 Å². The molecule has 1 aliphatic rings. The number of nitrogens with zero attached hydrogens (tertiary/aromatic N) is 1. The molecule has 2 amide bonds. The standard InChI is InChI=1S/C17H24ClN3O2/c1-11-5-4-6-12(2)21(11)16(22)10-20-15-9-13(17(23)19-3)7-8-14(15)18/h7-9,11-12,20H,4-6,10H2,1-3H3,(H,19,23). The molecule has 2 N–H and O–H groups in total. The average molecular weight is 338 g/mol. The monoisotopic (exact) mass is 337 g/mol. The van der Waals surface area contributed by atoms with Gasteiger partial charge in [0.15, 0.2) is 0 Å². The number of carbonyl (C=O) groups is 2. The van der Waals surface area contributed by atoms with Crippen molar-refractivity contribution in [2.24, 2.45) is 0 Å². The van der Waals surface area contributed by atoms with Crippen LogP contribution >= 0.6 is 11.6 Å². The number of nitrogens with one attached hydrogen (secondary N) is 2. The zero-order valence-corrected chi connectivity index (χ0v) is 14.6. The van der Waals surface area contributed by atoms with E-state index in [1.807, 2.05) is 4.90 Å². The Kier molecular flexibility index (Phi) is 5.88. The van der Waals surface area contributed by atoms with Gasteiger partial charge in [0.05, 0.1) is 17.3 Å². The number of halogens is 1. The summed E-state index contributed by atoms with van der Waals surface area (Å²) in [6.45, 7) is 4.35. The van der Waals surface area contributed by atoms with Gasteiger partial charge >= 0.3 is 0 Å². The molecule has 0 aliphatic carbocycles. The molecule has 1 aromatic carbocycles. The van der Waals surface area contributed by atoms with Crippen LogP contribution in [0.2, 0.25) is 5.02 Å². The highest BCUT2D eigenvalue weighted by atomic mass is 35.5. The van der Waals surface area contributed by atoms with Crippen LogP contribution in [0.15, 0.2) is 18.2 Å². The van der Waals surface area contributed by atoms with E-state index in [9.17, 15) is 9.59 Å². The highest BCUT2D eigenvalue weighted by Crippen LogP contribution is 2.25. The molecule has 2 atom stereocenters. The molecule has 0 aromatic heterocycles. The van der Waals surface area contributed by atoms with E-state index in [0.717, 1.165) is 12.8 Å². The minimum absolute atomic E-state index is 0.0612. The summed E-state index contributed by atoms with van der Waals surface area (Å²) in [4.78, 5) is 26.2. The minimum Gasteiger partial charge on any atom is -0.375 e. The van der Waals surface area contributed by atoms with E-state index in [0.29, 0.717) is 16.3 Å². The SMILES string of the molecule is CNC(=O)c1ccc(Cl)c(NCC(=O)N2C(C)CCCC2C)c1. The molecule has 0 bridgehead atoms. The molecular weight excluding hydrogens is 314 g/mol. The summed E-state index contributed by atoms with van der Waals surface area (Å²) >= 11 is 6.15. The molecule has 1 fully saturated rings. The third kappa shape index (κ3) is 4.16. The Bertz CT molecular complexity index is 581. The second kappa shape index (κ2) is 7.68. The van der Waals surface area contributed by atoms with E-state index < -0.39 is 0 Å². The van der Waals surface area contributed by atoms with Crippen LogP contribution in [0.4, 0.5) is 5.69 Å². The predicted molar refractivity (Wildman–Crippen MR) is 93.0 cm³/mol. The van der Waals surface area contributed by atoms with Crippen molar-refractivity contribution in [3.63, 3.8) is 0 Å². The third-order valence-electron chi connectivity index (χ3n) is 4.37. The molecule has 2 rings (SSSR count). The lowest BCUT2D eigenvalue weighted by atomic mass is 9.97. The number of anilines is 1. The van der Waals surface area contributed by atoms with Gasteiger partial charge in [0, 0.05) is 24.7 Å². The maximum Gasteiger partial charge on any atom is 0.251 e. The zero-order valence-electron chi connectivity index (χ0n) is 13.9. The summed E-state index contributed by atoms with van der Waals surface area (Å²) in [5, 5.41) is 6.13. The second-order valence-corrected chi connectivity index (χ2v) is 6.46. The Balaban J connectivity index is 2.05. The van der Waals surface area contributed by atoms with E-state index >= 15 is 0 Å². The number of piperidine rings is 1. The van der Waals surface area contributed by atoms with Crippen molar-refractivity contribution in [2.75, 3.05) is 18.9 Å². The van der Waals surface area contributed by atoms with Crippen molar-refractivity contribution in [1.29, 1.82) is 0 Å². The predicted octanol–water partition coefficient (Wildman–Crippen LogP) is 2.90. The van der Waals surface area contributed by atoms with Gasteiger partial charge in [-0.3, -0.25) is 9.59 Å². The van der Waals surface area contributed by atoms with Crippen molar-refractivity contribution >= 4 is 29.1 Å². The molecule has 0 radical (unpaired) electrons. The third-order valence-corrected chi connectivity index (χ3v) is 4.70. The van der Waals surface area contributed by atoms with Crippen LogP contribution in [0.5, 0.6) is 0 Å². The van der Waals surface area contributed by atoms with Crippen LogP contribution in [0, 0.1) is 0 Å². The molecule has 23 heavy (non-hydrogen) atoms. The Hall–Kier alpha value is -1.75. The number of hydrogen-bond acceptors (Lipinski definition) is 3. The van der Waals surface area contributed by atoms with Crippen molar-refractivity contribution in [3.8, 4) is 0 Å². The molecule has 126 valence electrons. The van der Waals surface area contributed by atoms with Gasteiger partial charge in [-0.25, -0.2) is 0 Å². The molecule has 1 aliphatic heterocycles. The van der Waals surface area contributed by atoms with Gasteiger partial charge in [0.1, 0.15) is 0 Å². The topological polar surface area (TPSA) is 61.4 Å². The summed E-state index contributed by atoms with van der Waals surface area (Å²) in [5.74, 6) is -0.125. The smallest absolute Gasteiger partial charge is 0.251 e. The highest BCUT2D eigenvalue weighted by Gasteiger charge is 2.28. The molecule has 2 unspecified atom stereocenters. The molecule has 1 heterocycles. The van der Waals surface area contributed by atoms with Crippen LogP contribution in [-0.2, 0) is 4.79 Å². The van der Waals surface area contributed by atoms with E-state index in [-0.39, 0.29) is 30.4 Å². The summed E-state index contributed by atoms with van der Waals surface area (Å²) in [6, 6.07) is 5.51. The fraction of sp³-hybridized carbons (Fsp3) is 0.529. The number of carbonyl (C=O) groups excluding carboxylic acids is 2. The molecule has 5 nitrogen and oxygen atoms in total. The van der Waals surface area contributed by atoms with Crippen molar-refractivity contribution in [2.45, 2.75) is 45.2 Å². The first-order valence-electron chi connectivity index (χ1n) is 8.00. The normalized spacial score (nSPS) is 21.0. The maximum absolute atomic E-state index is 12.5. The van der Waals surface area contributed by atoms with Crippen molar-refractivity contribution in [1.82, 2.24) is 10.2 Å². The number of hydrogen-bond donors (Lipinski definition) is 2. The fourth-order valence-electron chi connectivity index (χ4n) is 3.12. The molecule has 1 aromatic rings. The Morgan fingerprint density at radius 2 is 1.91 bits per heavy atom. The number of amides is 2. The van der Waals surface area contributed by atoms with Crippen molar-refractivity contribution in [3.05, 3.63) is 28.8 Å². The number of benzene rings is 1. The first kappa shape index (κ1) is 17.6. The van der Waals surface area contributed by atoms with Crippen LogP contribution in [0.25, 0.3) is 0 Å². The van der Waals surface area contributed by atoms with E-state index in [1.54, 1.807) is 25.2 Å². The lowest BCUT2D eigenvalue weighted by Gasteiger charge is -2.39. The highest BCUT2D eigenvalue weighted by molar-refractivity contribution is 6.33. The molecular formula is C17H24ClN3O2. The number of likely N-dealkylation sites (tertiary alicyclic amines) is 1. The summed E-state index contributed by atoms with van der Waals surface area (Å²) in [7, 11) is 1.58. The maximum atomic E-state index is 12.5. The van der Waals surface area contributed by atoms with Crippen molar-refractivity contribution < 1.29 is 9.59 Å². The van der Waals surface area contributed by atoms with Gasteiger partial charge in [-0.15, -0.1) is 0 Å². The van der Waals surface area contributed by atoms with Gasteiger partial charge in [-0.1, -0.05) is 11.6 Å². The van der Waals surface area contributed by atoms with Crippen LogP contribution in [0.1, 0.15) is 43.5 Å². The molecule has 0 saturated carbocycles. The first-order chi connectivity index (χ1) is 10.9. The Morgan fingerprint density at radius 1 is 1.26 bits per heavy atom. The summed E-state index contributed by atoms with van der Waals surface area (Å²) in [6.07, 6.45) is 3.26. The van der Waals surface area contributed by atoms with Gasteiger partial charge in [0.25, 0.3) is 5.91 Å². The molecule has 1 saturated heterocycles. The lowest BCUT2D eigenvalue weighted by Crippen LogP contribution is -2.49. The van der Waals surface area contributed by atoms with Crippen LogP contribution in [0.3, 0.4) is 0 Å². The zero-order chi connectivity index (χ0) is 17.0. The largest absolute Gasteiger partial charge is 0.375 e. The Labute approximate surface area is 142 Å². The van der Waals surface area contributed by atoms with E-state index in [2.05, 4.69) is 24.5 Å². The van der Waals surface area contributed by atoms with Crippen LogP contribution < -0.4 is 10.6 Å². The molecule has 0 spiro atoms. The minimum atomic E-state index is -0.186. The quantitative estimate of drug-likeness (QED) is 0.888. The fourth-order valence-corrected chi connectivity index (χ4v) is 3.31. The first-order valence-corrected chi connectivity index (χ1v) is 8.38. The second-order valence-electron chi connectivity index (χ2n) is 6.06. The van der Waals surface area contributed by atoms with Crippen LogP contribution in [-0.4, -0.2) is 42.4 Å². The Morgan fingerprint density at radius 3 is 2.52 bits per heavy atom. The molecule has 6 heteroatoms. The summed E-state index contributed by atoms with van der Waals surface area (Å²) in [5.41, 5.74) is 1.10. The van der Waals surface area contributed by atoms with Gasteiger partial charge in [-0.05, 0) is 51.3 Å². The van der Waals surface area contributed by atoms with Gasteiger partial charge in [0.2, 0.25) is 5.91 Å².